The zero-order valence-electron chi connectivity index (χ0n) is 14.1. The third-order valence-electron chi connectivity index (χ3n) is 4.65. The number of alkyl halides is 3. The molecule has 1 aliphatic carbocycles. The van der Waals surface area contributed by atoms with Crippen molar-refractivity contribution in [3.8, 4) is 5.06 Å². The van der Waals surface area contributed by atoms with Crippen molar-refractivity contribution in [1.29, 1.82) is 0 Å². The molecular weight excluding hydrogens is 341 g/mol. The van der Waals surface area contributed by atoms with Crippen LogP contribution in [0.2, 0.25) is 0 Å². The molecule has 0 radical (unpaired) electrons. The number of aromatic nitrogens is 1. The molecule has 0 aliphatic heterocycles. The lowest BCUT2D eigenvalue weighted by atomic mass is 9.76. The maximum absolute atomic E-state index is 12.9. The van der Waals surface area contributed by atoms with Crippen LogP contribution in [0.5, 0.6) is 5.06 Å². The van der Waals surface area contributed by atoms with E-state index in [1.54, 1.807) is 0 Å². The topological polar surface area (TPSA) is 51.2 Å². The Kier molecular flexibility index (Phi) is 6.11. The van der Waals surface area contributed by atoms with Gasteiger partial charge in [-0.15, -0.1) is 0 Å². The van der Waals surface area contributed by atoms with Crippen LogP contribution >= 0.6 is 11.3 Å². The van der Waals surface area contributed by atoms with Crippen molar-refractivity contribution in [2.75, 3.05) is 0 Å². The fraction of sp³-hybridized carbons (Fsp3) is 0.750. The predicted molar refractivity (Wildman–Crippen MR) is 86.2 cm³/mol. The van der Waals surface area contributed by atoms with Gasteiger partial charge in [-0.25, -0.2) is 9.78 Å². The van der Waals surface area contributed by atoms with Crippen molar-refractivity contribution in [3.63, 3.8) is 0 Å². The van der Waals surface area contributed by atoms with Gasteiger partial charge in [-0.2, -0.15) is 13.2 Å². The third-order valence-corrected chi connectivity index (χ3v) is 5.50. The lowest BCUT2D eigenvalue weighted by molar-refractivity contribution is -0.141. The van der Waals surface area contributed by atoms with E-state index in [0.29, 0.717) is 11.8 Å². The highest BCUT2D eigenvalue weighted by molar-refractivity contribution is 7.13. The molecule has 8 heteroatoms. The Morgan fingerprint density at radius 3 is 2.71 bits per heavy atom. The van der Waals surface area contributed by atoms with Gasteiger partial charge in [-0.1, -0.05) is 44.4 Å². The number of rotatable bonds is 4. The molecule has 3 atom stereocenters. The quantitative estimate of drug-likeness (QED) is 0.802. The Morgan fingerprint density at radius 1 is 1.42 bits per heavy atom. The molecule has 24 heavy (non-hydrogen) atoms. The van der Waals surface area contributed by atoms with Crippen molar-refractivity contribution < 1.29 is 22.7 Å². The number of amides is 1. The lowest BCUT2D eigenvalue weighted by Gasteiger charge is -2.35. The minimum atomic E-state index is -4.63. The summed E-state index contributed by atoms with van der Waals surface area (Å²) in [6.45, 7) is 5.69. The minimum Gasteiger partial charge on any atom is -0.397 e. The van der Waals surface area contributed by atoms with Gasteiger partial charge in [0, 0.05) is 6.04 Å². The first-order valence-corrected chi connectivity index (χ1v) is 9.07. The highest BCUT2D eigenvalue weighted by Crippen LogP contribution is 2.39. The largest absolute Gasteiger partial charge is 0.438 e. The van der Waals surface area contributed by atoms with E-state index in [9.17, 15) is 18.0 Å². The molecule has 2 rings (SSSR count). The molecule has 1 aromatic rings. The number of nitrogens with zero attached hydrogens (tertiary/aromatic N) is 1. The maximum Gasteiger partial charge on any atom is 0.438 e. The predicted octanol–water partition coefficient (Wildman–Crippen LogP) is 5.16. The van der Waals surface area contributed by atoms with E-state index in [1.807, 2.05) is 0 Å². The molecule has 1 N–H and O–H groups in total. The third kappa shape index (κ3) is 4.62. The van der Waals surface area contributed by atoms with Crippen LogP contribution in [-0.4, -0.2) is 17.1 Å². The Morgan fingerprint density at radius 2 is 2.08 bits per heavy atom. The molecule has 4 nitrogen and oxygen atoms in total. The van der Waals surface area contributed by atoms with Crippen molar-refractivity contribution in [2.45, 2.75) is 65.1 Å². The molecule has 1 amide bonds. The standard InChI is InChI=1S/C16H23F3N2O2S/c1-4-9(2)11-7-5-6-8-12(11)21-15(22)23-14-13(16(17,18)19)20-10(3)24-14/h9,11-12H,4-8H2,1-3H3,(H,21,22)/t9?,11-,12+/m0/s1. The second-order valence-electron chi connectivity index (χ2n) is 6.34. The van der Waals surface area contributed by atoms with Crippen LogP contribution in [-0.2, 0) is 6.18 Å². The van der Waals surface area contributed by atoms with E-state index in [1.165, 1.54) is 6.92 Å². The van der Waals surface area contributed by atoms with Crippen LogP contribution in [0, 0.1) is 18.8 Å². The number of aryl methyl sites for hydroxylation is 1. The van der Waals surface area contributed by atoms with Gasteiger partial charge < -0.3 is 10.1 Å². The van der Waals surface area contributed by atoms with Gasteiger partial charge in [0.2, 0.25) is 5.06 Å². The highest BCUT2D eigenvalue weighted by Gasteiger charge is 2.39. The van der Waals surface area contributed by atoms with E-state index >= 15 is 0 Å². The summed E-state index contributed by atoms with van der Waals surface area (Å²) < 4.78 is 43.7. The van der Waals surface area contributed by atoms with Crippen molar-refractivity contribution in [1.82, 2.24) is 10.3 Å². The van der Waals surface area contributed by atoms with E-state index < -0.39 is 23.0 Å². The highest BCUT2D eigenvalue weighted by atomic mass is 32.1. The molecule has 0 saturated heterocycles. The number of carbonyl (C=O) groups excluding carboxylic acids is 1. The maximum atomic E-state index is 12.9. The normalized spacial score (nSPS) is 22.9. The molecule has 0 spiro atoms. The molecule has 136 valence electrons. The van der Waals surface area contributed by atoms with Crippen LogP contribution < -0.4 is 10.1 Å². The molecule has 0 aromatic carbocycles. The summed E-state index contributed by atoms with van der Waals surface area (Å²) in [6.07, 6.45) is -0.482. The number of carbonyl (C=O) groups is 1. The van der Waals surface area contributed by atoms with E-state index in [2.05, 4.69) is 24.1 Å². The number of halogens is 3. The number of thiazole rings is 1. The average Bonchev–Trinajstić information content (AvgIpc) is 2.87. The Labute approximate surface area is 143 Å². The van der Waals surface area contributed by atoms with Crippen LogP contribution in [0.25, 0.3) is 0 Å². The fourth-order valence-electron chi connectivity index (χ4n) is 3.24. The second-order valence-corrected chi connectivity index (χ2v) is 7.51. The lowest BCUT2D eigenvalue weighted by Crippen LogP contribution is -2.45. The average molecular weight is 364 g/mol. The zero-order valence-corrected chi connectivity index (χ0v) is 14.9. The summed E-state index contributed by atoms with van der Waals surface area (Å²) >= 11 is 0.729. The van der Waals surface area contributed by atoms with Gasteiger partial charge in [-0.05, 0) is 31.6 Å². The summed E-state index contributed by atoms with van der Waals surface area (Å²) in [5, 5.41) is 2.49. The molecule has 1 aromatic heterocycles. The van der Waals surface area contributed by atoms with Gasteiger partial charge in [0.1, 0.15) is 0 Å². The van der Waals surface area contributed by atoms with Gasteiger partial charge in [0.25, 0.3) is 0 Å². The summed E-state index contributed by atoms with van der Waals surface area (Å²) in [6, 6.07) is -0.0513. The molecule has 0 bridgehead atoms. The van der Waals surface area contributed by atoms with Gasteiger partial charge in [0.15, 0.2) is 5.69 Å². The molecule has 1 saturated carbocycles. The molecular formula is C16H23F3N2O2S. The number of ether oxygens (including phenoxy) is 1. The fourth-order valence-corrected chi connectivity index (χ4v) is 4.02. The molecule has 1 unspecified atom stereocenters. The first kappa shape index (κ1) is 19.0. The Balaban J connectivity index is 2.05. The smallest absolute Gasteiger partial charge is 0.397 e. The first-order chi connectivity index (χ1) is 11.2. The molecule has 1 aliphatic rings. The van der Waals surface area contributed by atoms with E-state index in [0.717, 1.165) is 43.4 Å². The SMILES string of the molecule is CCC(C)[C@@H]1CCCC[C@H]1NC(=O)Oc1sc(C)nc1C(F)(F)F. The van der Waals surface area contributed by atoms with Crippen molar-refractivity contribution in [2.24, 2.45) is 11.8 Å². The van der Waals surface area contributed by atoms with E-state index in [-0.39, 0.29) is 11.0 Å². The summed E-state index contributed by atoms with van der Waals surface area (Å²) in [5.74, 6) is 0.786. The van der Waals surface area contributed by atoms with Crippen LogP contribution in [0.15, 0.2) is 0 Å². The first-order valence-electron chi connectivity index (χ1n) is 8.25. The Hall–Kier alpha value is -1.31. The van der Waals surface area contributed by atoms with Crippen LogP contribution in [0.3, 0.4) is 0 Å². The van der Waals surface area contributed by atoms with Crippen molar-refractivity contribution >= 4 is 17.4 Å². The molecule has 1 heterocycles. The second kappa shape index (κ2) is 7.72. The van der Waals surface area contributed by atoms with E-state index in [4.69, 9.17) is 4.74 Å². The summed E-state index contributed by atoms with van der Waals surface area (Å²) in [4.78, 5) is 15.5. The van der Waals surface area contributed by atoms with Gasteiger partial charge >= 0.3 is 12.3 Å². The van der Waals surface area contributed by atoms with Crippen LogP contribution in [0.1, 0.15) is 56.7 Å². The van der Waals surface area contributed by atoms with Crippen molar-refractivity contribution in [3.05, 3.63) is 10.7 Å². The zero-order chi connectivity index (χ0) is 17.9. The van der Waals surface area contributed by atoms with Crippen LogP contribution in [0.4, 0.5) is 18.0 Å². The van der Waals surface area contributed by atoms with Gasteiger partial charge in [0.05, 0.1) is 5.01 Å². The summed E-state index contributed by atoms with van der Waals surface area (Å²) in [7, 11) is 0. The minimum absolute atomic E-state index is 0.0513. The number of hydrogen-bond acceptors (Lipinski definition) is 4. The monoisotopic (exact) mass is 364 g/mol. The number of hydrogen-bond donors (Lipinski definition) is 1. The molecule has 1 fully saturated rings. The number of nitrogens with one attached hydrogen (secondary N) is 1. The Bertz CT molecular complexity index is 574. The van der Waals surface area contributed by atoms with Gasteiger partial charge in [-0.3, -0.25) is 0 Å². The summed E-state index contributed by atoms with van der Waals surface area (Å²) in [5.41, 5.74) is -1.14.